The van der Waals surface area contributed by atoms with Gasteiger partial charge >= 0.3 is 12.3 Å². The minimum atomic E-state index is -4.42. The van der Waals surface area contributed by atoms with Crippen LogP contribution >= 0.6 is 0 Å². The zero-order chi connectivity index (χ0) is 22.8. The van der Waals surface area contributed by atoms with Crippen LogP contribution in [0.4, 0.5) is 29.3 Å². The number of hydrogen-bond acceptors (Lipinski definition) is 5. The maximum Gasteiger partial charge on any atom is 0.414 e. The number of ether oxygens (including phenoxy) is 1. The van der Waals surface area contributed by atoms with E-state index in [0.29, 0.717) is 28.6 Å². The average Bonchev–Trinajstić information content (AvgIpc) is 3.50. The lowest BCUT2D eigenvalue weighted by molar-refractivity contribution is -0.141. The summed E-state index contributed by atoms with van der Waals surface area (Å²) in [5.41, 5.74) is 7.89. The number of amides is 2. The van der Waals surface area contributed by atoms with Crippen molar-refractivity contribution < 1.29 is 27.5 Å². The molecular weight excluding hydrogens is 413 g/mol. The van der Waals surface area contributed by atoms with Gasteiger partial charge in [0.25, 0.3) is 0 Å². The van der Waals surface area contributed by atoms with Crippen LogP contribution in [0.2, 0.25) is 0 Å². The Balaban J connectivity index is 1.92. The van der Waals surface area contributed by atoms with Gasteiger partial charge in [-0.3, -0.25) is 14.7 Å². The van der Waals surface area contributed by atoms with Crippen LogP contribution in [0.15, 0.2) is 29.4 Å². The second-order valence-electron chi connectivity index (χ2n) is 7.66. The monoisotopic (exact) mass is 438 g/mol. The molecule has 0 aromatic heterocycles. The van der Waals surface area contributed by atoms with E-state index in [0.717, 1.165) is 12.8 Å². The molecule has 31 heavy (non-hydrogen) atoms. The van der Waals surface area contributed by atoms with Gasteiger partial charge < -0.3 is 15.4 Å². The van der Waals surface area contributed by atoms with Crippen molar-refractivity contribution in [3.8, 4) is 0 Å². The number of alkyl halides is 3. The second-order valence-corrected chi connectivity index (χ2v) is 7.66. The number of nitrogens with zero attached hydrogens (tertiary/aromatic N) is 3. The predicted molar refractivity (Wildman–Crippen MR) is 112 cm³/mol. The molecule has 2 amide bonds. The number of nitrogens with two attached hydrogens (primary N) is 1. The minimum absolute atomic E-state index is 0.0821. The van der Waals surface area contributed by atoms with Gasteiger partial charge in [-0.1, -0.05) is 6.07 Å². The van der Waals surface area contributed by atoms with Gasteiger partial charge in [-0.05, 0) is 37.5 Å². The van der Waals surface area contributed by atoms with Gasteiger partial charge in [-0.25, -0.2) is 4.79 Å². The Kier molecular flexibility index (Phi) is 6.56. The Morgan fingerprint density at radius 3 is 2.58 bits per heavy atom. The normalized spacial score (nSPS) is 19.5. The molecule has 1 heterocycles. The highest BCUT2D eigenvalue weighted by Crippen LogP contribution is 2.38. The second kappa shape index (κ2) is 8.99. The first-order valence-corrected chi connectivity index (χ1v) is 10.0. The van der Waals surface area contributed by atoms with Crippen LogP contribution < -0.4 is 15.5 Å². The summed E-state index contributed by atoms with van der Waals surface area (Å²) in [7, 11) is 0. The van der Waals surface area contributed by atoms with E-state index in [2.05, 4.69) is 4.99 Å². The highest BCUT2D eigenvalue weighted by atomic mass is 19.4. The number of benzene rings is 1. The minimum Gasteiger partial charge on any atom is -0.449 e. The zero-order valence-electron chi connectivity index (χ0n) is 17.4. The van der Waals surface area contributed by atoms with E-state index in [4.69, 9.17) is 10.5 Å². The van der Waals surface area contributed by atoms with Crippen molar-refractivity contribution in [2.45, 2.75) is 51.4 Å². The van der Waals surface area contributed by atoms with Crippen LogP contribution in [0, 0.1) is 0 Å². The van der Waals surface area contributed by atoms with E-state index < -0.39 is 25.3 Å². The fraction of sp³-hybridized carbons (Fsp3) is 0.476. The number of carbonyl (C=O) groups is 2. The van der Waals surface area contributed by atoms with Gasteiger partial charge in [0, 0.05) is 31.5 Å². The van der Waals surface area contributed by atoms with E-state index in [1.165, 1.54) is 18.0 Å². The van der Waals surface area contributed by atoms with Gasteiger partial charge in [0.05, 0.1) is 29.9 Å². The molecule has 2 N–H and O–H groups in total. The van der Waals surface area contributed by atoms with E-state index in [9.17, 15) is 22.8 Å². The van der Waals surface area contributed by atoms with Crippen LogP contribution in [-0.4, -0.2) is 49.6 Å². The molecule has 2 aliphatic rings. The van der Waals surface area contributed by atoms with E-state index in [1.807, 2.05) is 0 Å². The molecule has 3 rings (SSSR count). The molecule has 1 saturated carbocycles. The summed E-state index contributed by atoms with van der Waals surface area (Å²) < 4.78 is 42.1. The summed E-state index contributed by atoms with van der Waals surface area (Å²) in [4.78, 5) is 32.0. The van der Waals surface area contributed by atoms with Crippen LogP contribution in [0.25, 0.3) is 5.57 Å². The molecule has 1 aliphatic heterocycles. The van der Waals surface area contributed by atoms with Crippen molar-refractivity contribution in [2.24, 2.45) is 10.7 Å². The quantitative estimate of drug-likeness (QED) is 0.707. The molecule has 1 aliphatic carbocycles. The molecule has 1 atom stereocenters. The van der Waals surface area contributed by atoms with E-state index in [-0.39, 0.29) is 18.5 Å². The van der Waals surface area contributed by atoms with Crippen LogP contribution in [0.3, 0.4) is 0 Å². The largest absolute Gasteiger partial charge is 0.449 e. The highest BCUT2D eigenvalue weighted by molar-refractivity contribution is 6.11. The summed E-state index contributed by atoms with van der Waals surface area (Å²) in [5.74, 6) is -0.212. The zero-order valence-corrected chi connectivity index (χ0v) is 17.4. The molecule has 1 fully saturated rings. The van der Waals surface area contributed by atoms with Crippen molar-refractivity contribution in [1.82, 2.24) is 0 Å². The molecule has 7 nitrogen and oxygen atoms in total. The molecule has 0 radical (unpaired) electrons. The summed E-state index contributed by atoms with van der Waals surface area (Å²) in [5, 5.41) is 0. The van der Waals surface area contributed by atoms with Crippen molar-refractivity contribution in [1.29, 1.82) is 0 Å². The van der Waals surface area contributed by atoms with Gasteiger partial charge in [0.1, 0.15) is 6.61 Å². The Hall–Kier alpha value is -3.04. The highest BCUT2D eigenvalue weighted by Gasteiger charge is 2.35. The van der Waals surface area contributed by atoms with Gasteiger partial charge in [0.2, 0.25) is 5.91 Å². The third-order valence-corrected chi connectivity index (χ3v) is 5.07. The number of allylic oxidation sites excluding steroid dienone is 1. The third-order valence-electron chi connectivity index (χ3n) is 5.07. The standard InChI is InChI=1S/C21H25F3N4O3/c1-13-12-27(20(30)31-8-7-21(22,23)24)19-9-15(3-6-18(19)28(13)14(2)29)16(10-25)11-26-17-4-5-17/h3,6,9-11,13,17H,4-5,7-8,12,25H2,1-2H3. The Morgan fingerprint density at radius 2 is 2.00 bits per heavy atom. The molecule has 1 aromatic rings. The van der Waals surface area contributed by atoms with E-state index >= 15 is 0 Å². The topological polar surface area (TPSA) is 88.2 Å². The third kappa shape index (κ3) is 5.56. The summed E-state index contributed by atoms with van der Waals surface area (Å²) >= 11 is 0. The predicted octanol–water partition coefficient (Wildman–Crippen LogP) is 3.87. The summed E-state index contributed by atoms with van der Waals surface area (Å²) in [6.07, 6.45) is -1.43. The number of anilines is 2. The first-order chi connectivity index (χ1) is 14.6. The van der Waals surface area contributed by atoms with Gasteiger partial charge in [-0.2, -0.15) is 13.2 Å². The number of hydrogen-bond donors (Lipinski definition) is 1. The lowest BCUT2D eigenvalue weighted by atomic mass is 10.0. The van der Waals surface area contributed by atoms with E-state index in [1.54, 1.807) is 36.2 Å². The maximum atomic E-state index is 12.6. The number of aliphatic imine (C=N–C) groups is 1. The number of carbonyl (C=O) groups excluding carboxylic acids is 2. The molecule has 0 bridgehead atoms. The van der Waals surface area contributed by atoms with Crippen LogP contribution in [0.5, 0.6) is 0 Å². The van der Waals surface area contributed by atoms with Crippen molar-refractivity contribution in [3.63, 3.8) is 0 Å². The SMILES string of the molecule is CC(=O)N1c2ccc(C(C=NC3CC3)=CN)cc2N(C(=O)OCCC(F)(F)F)CC1C. The number of fused-ring (bicyclic) bond motifs is 1. The lowest BCUT2D eigenvalue weighted by Gasteiger charge is -2.40. The number of rotatable bonds is 5. The average molecular weight is 438 g/mol. The Bertz CT molecular complexity index is 910. The van der Waals surface area contributed by atoms with Gasteiger partial charge in [0.15, 0.2) is 0 Å². The fourth-order valence-electron chi connectivity index (χ4n) is 3.41. The smallest absolute Gasteiger partial charge is 0.414 e. The number of halogens is 3. The Labute approximate surface area is 178 Å². The van der Waals surface area contributed by atoms with Crippen LogP contribution in [0.1, 0.15) is 38.7 Å². The summed E-state index contributed by atoms with van der Waals surface area (Å²) in [6, 6.07) is 5.03. The van der Waals surface area contributed by atoms with Crippen LogP contribution in [-0.2, 0) is 9.53 Å². The van der Waals surface area contributed by atoms with Gasteiger partial charge in [-0.15, -0.1) is 0 Å². The lowest BCUT2D eigenvalue weighted by Crippen LogP contribution is -2.51. The molecule has 0 spiro atoms. The van der Waals surface area contributed by atoms with Crippen molar-refractivity contribution in [3.05, 3.63) is 30.0 Å². The first kappa shape index (κ1) is 22.6. The molecule has 1 unspecified atom stereocenters. The van der Waals surface area contributed by atoms with Crippen molar-refractivity contribution >= 4 is 35.2 Å². The Morgan fingerprint density at radius 1 is 1.29 bits per heavy atom. The molecule has 0 saturated heterocycles. The molecular formula is C21H25F3N4O3. The summed E-state index contributed by atoms with van der Waals surface area (Å²) in [6.45, 7) is 2.47. The molecule has 1 aromatic carbocycles. The maximum absolute atomic E-state index is 12.6. The fourth-order valence-corrected chi connectivity index (χ4v) is 3.41. The molecule has 10 heteroatoms. The first-order valence-electron chi connectivity index (χ1n) is 10.0. The van der Waals surface area contributed by atoms with Crippen molar-refractivity contribution in [2.75, 3.05) is 23.0 Å². The molecule has 168 valence electrons.